The van der Waals surface area contributed by atoms with Crippen LogP contribution < -0.4 is 4.74 Å². The minimum absolute atomic E-state index is 0.0477. The maximum Gasteiger partial charge on any atom is 0.335 e. The maximum absolute atomic E-state index is 11.2. The van der Waals surface area contributed by atoms with Crippen molar-refractivity contribution in [2.24, 2.45) is 0 Å². The van der Waals surface area contributed by atoms with Crippen molar-refractivity contribution in [3.05, 3.63) is 64.7 Å². The zero-order valence-electron chi connectivity index (χ0n) is 19.1. The standard InChI is InChI=1S/C27H36O5/c1-2-3-4-5-6-7-8-9-17-32-25-15-13-22(19-23(25)14-16-26(28)29)18-21-11-10-12-24(20-21)27(30)31/h10-13,15,19-20H,2-9,14,16-18H2,1H3,(H,28,29)(H,30,31). The van der Waals surface area contributed by atoms with E-state index in [1.165, 1.54) is 38.5 Å². The first-order valence-electron chi connectivity index (χ1n) is 11.8. The normalized spacial score (nSPS) is 10.8. The van der Waals surface area contributed by atoms with Crippen LogP contribution in [0.5, 0.6) is 5.75 Å². The van der Waals surface area contributed by atoms with E-state index in [-0.39, 0.29) is 12.0 Å². The van der Waals surface area contributed by atoms with Gasteiger partial charge in [-0.25, -0.2) is 4.79 Å². The smallest absolute Gasteiger partial charge is 0.335 e. The van der Waals surface area contributed by atoms with Gasteiger partial charge < -0.3 is 14.9 Å². The van der Waals surface area contributed by atoms with Crippen LogP contribution in [-0.4, -0.2) is 28.8 Å². The van der Waals surface area contributed by atoms with Gasteiger partial charge in [0.15, 0.2) is 0 Å². The quantitative estimate of drug-likeness (QED) is 0.291. The fourth-order valence-corrected chi connectivity index (χ4v) is 3.79. The van der Waals surface area contributed by atoms with Gasteiger partial charge in [-0.2, -0.15) is 0 Å². The number of hydrogen-bond donors (Lipinski definition) is 2. The molecule has 0 bridgehead atoms. The Bertz CT molecular complexity index is 859. The van der Waals surface area contributed by atoms with Gasteiger partial charge in [0.2, 0.25) is 0 Å². The largest absolute Gasteiger partial charge is 0.493 e. The predicted molar refractivity (Wildman–Crippen MR) is 127 cm³/mol. The van der Waals surface area contributed by atoms with Crippen LogP contribution in [0.3, 0.4) is 0 Å². The Balaban J connectivity index is 1.93. The predicted octanol–water partition coefficient (Wildman–Crippen LogP) is 6.51. The van der Waals surface area contributed by atoms with Crippen molar-refractivity contribution < 1.29 is 24.5 Å². The monoisotopic (exact) mass is 440 g/mol. The number of rotatable bonds is 16. The molecule has 2 aromatic carbocycles. The molecule has 0 fully saturated rings. The fraction of sp³-hybridized carbons (Fsp3) is 0.481. The van der Waals surface area contributed by atoms with Gasteiger partial charge in [0.05, 0.1) is 12.2 Å². The van der Waals surface area contributed by atoms with E-state index in [1.807, 2.05) is 24.3 Å². The molecule has 0 aliphatic rings. The summed E-state index contributed by atoms with van der Waals surface area (Å²) in [6.45, 7) is 2.86. The van der Waals surface area contributed by atoms with E-state index < -0.39 is 11.9 Å². The van der Waals surface area contributed by atoms with Gasteiger partial charge in [-0.3, -0.25) is 4.79 Å². The van der Waals surface area contributed by atoms with Gasteiger partial charge in [0, 0.05) is 6.42 Å². The molecule has 2 aromatic rings. The molecule has 174 valence electrons. The van der Waals surface area contributed by atoms with Crippen LogP contribution in [0, 0.1) is 0 Å². The van der Waals surface area contributed by atoms with Crippen LogP contribution in [0.4, 0.5) is 0 Å². The Morgan fingerprint density at radius 3 is 2.22 bits per heavy atom. The van der Waals surface area contributed by atoms with Crippen LogP contribution >= 0.6 is 0 Å². The molecule has 0 amide bonds. The van der Waals surface area contributed by atoms with Gasteiger partial charge >= 0.3 is 11.9 Å². The highest BCUT2D eigenvalue weighted by molar-refractivity contribution is 5.87. The van der Waals surface area contributed by atoms with E-state index >= 15 is 0 Å². The Hall–Kier alpha value is -2.82. The first kappa shape index (κ1) is 25.4. The van der Waals surface area contributed by atoms with E-state index in [4.69, 9.17) is 9.84 Å². The van der Waals surface area contributed by atoms with Gasteiger partial charge in [-0.1, -0.05) is 76.1 Å². The summed E-state index contributed by atoms with van der Waals surface area (Å²) in [5.41, 5.74) is 3.06. The van der Waals surface area contributed by atoms with Crippen LogP contribution in [-0.2, 0) is 17.6 Å². The Morgan fingerprint density at radius 2 is 1.53 bits per heavy atom. The van der Waals surface area contributed by atoms with Crippen molar-refractivity contribution in [1.82, 2.24) is 0 Å². The molecule has 32 heavy (non-hydrogen) atoms. The average Bonchev–Trinajstić information content (AvgIpc) is 2.77. The van der Waals surface area contributed by atoms with Gasteiger partial charge in [0.1, 0.15) is 5.75 Å². The molecule has 0 spiro atoms. The summed E-state index contributed by atoms with van der Waals surface area (Å²) in [6, 6.07) is 12.8. The van der Waals surface area contributed by atoms with Crippen LogP contribution in [0.15, 0.2) is 42.5 Å². The molecule has 5 nitrogen and oxygen atoms in total. The number of aromatic carboxylic acids is 1. The number of aliphatic carboxylic acids is 1. The number of ether oxygens (including phenoxy) is 1. The highest BCUT2D eigenvalue weighted by Gasteiger charge is 2.10. The highest BCUT2D eigenvalue weighted by atomic mass is 16.5. The number of hydrogen-bond acceptors (Lipinski definition) is 3. The molecule has 0 heterocycles. The molecule has 0 aromatic heterocycles. The summed E-state index contributed by atoms with van der Waals surface area (Å²) in [4.78, 5) is 22.3. The molecule has 0 aliphatic heterocycles. The molecule has 2 N–H and O–H groups in total. The molecule has 0 unspecified atom stereocenters. The van der Waals surface area contributed by atoms with Crippen molar-refractivity contribution in [2.45, 2.75) is 77.6 Å². The number of carboxylic acids is 2. The molecule has 0 saturated carbocycles. The zero-order chi connectivity index (χ0) is 23.2. The van der Waals surface area contributed by atoms with Crippen molar-refractivity contribution in [3.63, 3.8) is 0 Å². The topological polar surface area (TPSA) is 83.8 Å². The minimum atomic E-state index is -0.946. The van der Waals surface area contributed by atoms with Gasteiger partial charge in [0.25, 0.3) is 0 Å². The fourth-order valence-electron chi connectivity index (χ4n) is 3.79. The second-order valence-corrected chi connectivity index (χ2v) is 8.34. The number of aryl methyl sites for hydroxylation is 1. The lowest BCUT2D eigenvalue weighted by atomic mass is 9.99. The molecule has 2 rings (SSSR count). The van der Waals surface area contributed by atoms with E-state index in [1.54, 1.807) is 18.2 Å². The van der Waals surface area contributed by atoms with E-state index in [0.29, 0.717) is 19.4 Å². The maximum atomic E-state index is 11.2. The van der Waals surface area contributed by atoms with E-state index in [2.05, 4.69) is 6.92 Å². The SMILES string of the molecule is CCCCCCCCCCOc1ccc(Cc2cccc(C(=O)O)c2)cc1CCC(=O)O. The second-order valence-electron chi connectivity index (χ2n) is 8.34. The molecule has 0 radical (unpaired) electrons. The Morgan fingerprint density at radius 1 is 0.844 bits per heavy atom. The molecular formula is C27H36O5. The summed E-state index contributed by atoms with van der Waals surface area (Å²) in [7, 11) is 0. The number of carboxylic acid groups (broad SMARTS) is 2. The molecule has 0 aliphatic carbocycles. The van der Waals surface area contributed by atoms with Crippen molar-refractivity contribution in [2.75, 3.05) is 6.61 Å². The number of unbranched alkanes of at least 4 members (excludes halogenated alkanes) is 7. The lowest BCUT2D eigenvalue weighted by Gasteiger charge is -2.13. The average molecular weight is 441 g/mol. The lowest BCUT2D eigenvalue weighted by Crippen LogP contribution is -2.04. The van der Waals surface area contributed by atoms with E-state index in [0.717, 1.165) is 35.3 Å². The second kappa shape index (κ2) is 14.3. The lowest BCUT2D eigenvalue weighted by molar-refractivity contribution is -0.136. The molecule has 0 atom stereocenters. The molecule has 5 heteroatoms. The minimum Gasteiger partial charge on any atom is -0.493 e. The molecule has 0 saturated heterocycles. The van der Waals surface area contributed by atoms with Crippen molar-refractivity contribution in [1.29, 1.82) is 0 Å². The summed E-state index contributed by atoms with van der Waals surface area (Å²) >= 11 is 0. The Kier molecular flexibility index (Phi) is 11.4. The first-order valence-corrected chi connectivity index (χ1v) is 11.8. The first-order chi connectivity index (χ1) is 15.5. The third-order valence-electron chi connectivity index (χ3n) is 5.57. The highest BCUT2D eigenvalue weighted by Crippen LogP contribution is 2.24. The van der Waals surface area contributed by atoms with E-state index in [9.17, 15) is 14.7 Å². The van der Waals surface area contributed by atoms with Crippen LogP contribution in [0.2, 0.25) is 0 Å². The van der Waals surface area contributed by atoms with Gasteiger partial charge in [-0.15, -0.1) is 0 Å². The summed E-state index contributed by atoms with van der Waals surface area (Å²) in [5, 5.41) is 18.3. The van der Waals surface area contributed by atoms with Crippen LogP contribution in [0.25, 0.3) is 0 Å². The third-order valence-corrected chi connectivity index (χ3v) is 5.57. The van der Waals surface area contributed by atoms with Crippen LogP contribution in [0.1, 0.15) is 91.8 Å². The Labute approximate surface area is 191 Å². The summed E-state index contributed by atoms with van der Waals surface area (Å²) in [5.74, 6) is -1.03. The number of benzene rings is 2. The molecular weight excluding hydrogens is 404 g/mol. The zero-order valence-corrected chi connectivity index (χ0v) is 19.1. The summed E-state index contributed by atoms with van der Waals surface area (Å²) < 4.78 is 6.00. The number of carbonyl (C=O) groups is 2. The summed E-state index contributed by atoms with van der Waals surface area (Å²) in [6.07, 6.45) is 10.9. The van der Waals surface area contributed by atoms with Crippen molar-refractivity contribution in [3.8, 4) is 5.75 Å². The van der Waals surface area contributed by atoms with Gasteiger partial charge in [-0.05, 0) is 54.2 Å². The van der Waals surface area contributed by atoms with Crippen molar-refractivity contribution >= 4 is 11.9 Å². The third kappa shape index (κ3) is 9.54.